The first-order valence-electron chi connectivity index (χ1n) is 7.52. The maximum Gasteiger partial charge on any atom is 0.236 e. The van der Waals surface area contributed by atoms with E-state index in [4.69, 9.17) is 10.5 Å². The third kappa shape index (κ3) is 4.44. The van der Waals surface area contributed by atoms with Crippen molar-refractivity contribution in [2.24, 2.45) is 5.73 Å². The zero-order chi connectivity index (χ0) is 15.2. The summed E-state index contributed by atoms with van der Waals surface area (Å²) in [6.45, 7) is 8.07. The molecule has 0 radical (unpaired) electrons. The number of carbonyl (C=O) groups excluding carboxylic acids is 1. The molecule has 1 amide bonds. The highest BCUT2D eigenvalue weighted by atomic mass is 16.5. The topological polar surface area (TPSA) is 67.6 Å². The third-order valence-corrected chi connectivity index (χ3v) is 4.02. The summed E-state index contributed by atoms with van der Waals surface area (Å²) in [7, 11) is 0. The lowest BCUT2D eigenvalue weighted by molar-refractivity contribution is -0.123. The van der Waals surface area contributed by atoms with Gasteiger partial charge in [0.05, 0.1) is 6.61 Å². The number of aryl methyl sites for hydroxylation is 2. The summed E-state index contributed by atoms with van der Waals surface area (Å²) in [6, 6.07) is 5.94. The molecule has 1 saturated heterocycles. The van der Waals surface area contributed by atoms with E-state index in [0.29, 0.717) is 13.2 Å². The van der Waals surface area contributed by atoms with Crippen molar-refractivity contribution in [2.75, 3.05) is 32.8 Å². The van der Waals surface area contributed by atoms with E-state index in [1.165, 1.54) is 11.1 Å². The van der Waals surface area contributed by atoms with Crippen molar-refractivity contribution < 1.29 is 9.53 Å². The highest BCUT2D eigenvalue weighted by Crippen LogP contribution is 2.16. The van der Waals surface area contributed by atoms with Crippen LogP contribution in [0.25, 0.3) is 0 Å². The molecule has 0 aromatic heterocycles. The van der Waals surface area contributed by atoms with Crippen molar-refractivity contribution in [1.82, 2.24) is 10.2 Å². The number of primary amides is 1. The van der Waals surface area contributed by atoms with Gasteiger partial charge in [0.1, 0.15) is 11.8 Å². The van der Waals surface area contributed by atoms with E-state index in [9.17, 15) is 4.79 Å². The summed E-state index contributed by atoms with van der Waals surface area (Å²) >= 11 is 0. The number of rotatable bonds is 6. The van der Waals surface area contributed by atoms with Gasteiger partial charge in [-0.1, -0.05) is 6.07 Å². The quantitative estimate of drug-likeness (QED) is 0.762. The smallest absolute Gasteiger partial charge is 0.236 e. The second-order valence-electron chi connectivity index (χ2n) is 5.61. The molecule has 0 saturated carbocycles. The molecule has 21 heavy (non-hydrogen) atoms. The number of piperazine rings is 1. The molecule has 3 N–H and O–H groups in total. The Morgan fingerprint density at radius 2 is 2.24 bits per heavy atom. The normalized spacial score (nSPS) is 19.4. The lowest BCUT2D eigenvalue weighted by Crippen LogP contribution is -2.57. The first-order chi connectivity index (χ1) is 10.1. The van der Waals surface area contributed by atoms with Crippen molar-refractivity contribution in [3.05, 3.63) is 29.3 Å². The lowest BCUT2D eigenvalue weighted by atomic mass is 10.1. The number of hydrogen-bond donors (Lipinski definition) is 2. The van der Waals surface area contributed by atoms with Gasteiger partial charge in [0.2, 0.25) is 5.91 Å². The molecule has 1 aromatic carbocycles. The molecule has 2 rings (SSSR count). The fourth-order valence-corrected chi connectivity index (χ4v) is 2.56. The molecule has 1 atom stereocenters. The Bertz CT molecular complexity index is 490. The number of amides is 1. The lowest BCUT2D eigenvalue weighted by Gasteiger charge is -2.34. The van der Waals surface area contributed by atoms with Gasteiger partial charge in [-0.15, -0.1) is 0 Å². The fourth-order valence-electron chi connectivity index (χ4n) is 2.56. The van der Waals surface area contributed by atoms with Crippen LogP contribution in [0, 0.1) is 13.8 Å². The number of ether oxygens (including phenoxy) is 1. The van der Waals surface area contributed by atoms with Crippen molar-refractivity contribution in [3.8, 4) is 5.75 Å². The minimum atomic E-state index is -0.253. The SMILES string of the molecule is Cc1ccc(OCCCN2CCNCC2C(N)=O)cc1C. The molecule has 1 fully saturated rings. The Morgan fingerprint density at radius 3 is 2.95 bits per heavy atom. The minimum Gasteiger partial charge on any atom is -0.494 e. The van der Waals surface area contributed by atoms with Gasteiger partial charge in [-0.05, 0) is 43.5 Å². The average Bonchev–Trinajstić information content (AvgIpc) is 2.47. The van der Waals surface area contributed by atoms with Gasteiger partial charge < -0.3 is 15.8 Å². The summed E-state index contributed by atoms with van der Waals surface area (Å²) in [5.41, 5.74) is 7.94. The van der Waals surface area contributed by atoms with Gasteiger partial charge in [-0.25, -0.2) is 0 Å². The molecule has 1 aromatic rings. The second-order valence-corrected chi connectivity index (χ2v) is 5.61. The molecule has 0 aliphatic carbocycles. The van der Waals surface area contributed by atoms with E-state index >= 15 is 0 Å². The van der Waals surface area contributed by atoms with Crippen LogP contribution in [-0.4, -0.2) is 49.6 Å². The number of nitrogens with zero attached hydrogens (tertiary/aromatic N) is 1. The van der Waals surface area contributed by atoms with Gasteiger partial charge in [-0.2, -0.15) is 0 Å². The van der Waals surface area contributed by atoms with Gasteiger partial charge in [0, 0.05) is 26.2 Å². The molecule has 5 heteroatoms. The molecule has 116 valence electrons. The largest absolute Gasteiger partial charge is 0.494 e. The monoisotopic (exact) mass is 291 g/mol. The van der Waals surface area contributed by atoms with Crippen molar-refractivity contribution in [3.63, 3.8) is 0 Å². The molecule has 0 bridgehead atoms. The van der Waals surface area contributed by atoms with Crippen LogP contribution in [-0.2, 0) is 4.79 Å². The van der Waals surface area contributed by atoms with Crippen molar-refractivity contribution in [1.29, 1.82) is 0 Å². The van der Waals surface area contributed by atoms with Gasteiger partial charge in [-0.3, -0.25) is 9.69 Å². The number of nitrogens with two attached hydrogens (primary N) is 1. The summed E-state index contributed by atoms with van der Waals surface area (Å²) in [4.78, 5) is 13.5. The first kappa shape index (κ1) is 15.8. The van der Waals surface area contributed by atoms with Crippen molar-refractivity contribution in [2.45, 2.75) is 26.3 Å². The maximum atomic E-state index is 11.4. The van der Waals surface area contributed by atoms with Gasteiger partial charge in [0.25, 0.3) is 0 Å². The summed E-state index contributed by atoms with van der Waals surface area (Å²) < 4.78 is 5.77. The zero-order valence-corrected chi connectivity index (χ0v) is 12.9. The number of carbonyl (C=O) groups is 1. The predicted molar refractivity (Wildman–Crippen MR) is 83.5 cm³/mol. The van der Waals surface area contributed by atoms with Crippen LogP contribution < -0.4 is 15.8 Å². The minimum absolute atomic E-state index is 0.194. The molecule has 1 aliphatic heterocycles. The average molecular weight is 291 g/mol. The van der Waals surface area contributed by atoms with E-state index in [1.807, 2.05) is 6.07 Å². The van der Waals surface area contributed by atoms with Crippen LogP contribution in [0.4, 0.5) is 0 Å². The van der Waals surface area contributed by atoms with Crippen LogP contribution in [0.3, 0.4) is 0 Å². The first-order valence-corrected chi connectivity index (χ1v) is 7.52. The third-order valence-electron chi connectivity index (χ3n) is 4.02. The van der Waals surface area contributed by atoms with E-state index in [0.717, 1.165) is 31.8 Å². The Balaban J connectivity index is 1.75. The standard InChI is InChI=1S/C16H25N3O2/c1-12-4-5-14(10-13(12)2)21-9-3-7-19-8-6-18-11-15(19)16(17)20/h4-5,10,15,18H,3,6-9,11H2,1-2H3,(H2,17,20). The summed E-state index contributed by atoms with van der Waals surface area (Å²) in [6.07, 6.45) is 0.886. The van der Waals surface area contributed by atoms with E-state index in [-0.39, 0.29) is 11.9 Å². The van der Waals surface area contributed by atoms with Crippen LogP contribution >= 0.6 is 0 Å². The van der Waals surface area contributed by atoms with Crippen LogP contribution in [0.1, 0.15) is 17.5 Å². The summed E-state index contributed by atoms with van der Waals surface area (Å²) in [5.74, 6) is 0.655. The molecular formula is C16H25N3O2. The van der Waals surface area contributed by atoms with Crippen LogP contribution in [0.2, 0.25) is 0 Å². The number of benzene rings is 1. The Kier molecular flexibility index (Phi) is 5.59. The highest BCUT2D eigenvalue weighted by molar-refractivity contribution is 5.80. The van der Waals surface area contributed by atoms with E-state index in [1.54, 1.807) is 0 Å². The maximum absolute atomic E-state index is 11.4. The number of hydrogen-bond acceptors (Lipinski definition) is 4. The van der Waals surface area contributed by atoms with Crippen molar-refractivity contribution >= 4 is 5.91 Å². The summed E-state index contributed by atoms with van der Waals surface area (Å²) in [5, 5.41) is 3.20. The Hall–Kier alpha value is -1.59. The molecule has 1 aliphatic rings. The molecule has 1 heterocycles. The fraction of sp³-hybridized carbons (Fsp3) is 0.562. The second kappa shape index (κ2) is 7.43. The molecule has 0 spiro atoms. The zero-order valence-electron chi connectivity index (χ0n) is 12.9. The number of nitrogens with one attached hydrogen (secondary N) is 1. The van der Waals surface area contributed by atoms with E-state index in [2.05, 4.69) is 36.2 Å². The Morgan fingerprint density at radius 1 is 1.43 bits per heavy atom. The predicted octanol–water partition coefficient (Wildman–Crippen LogP) is 0.831. The molecular weight excluding hydrogens is 266 g/mol. The highest BCUT2D eigenvalue weighted by Gasteiger charge is 2.25. The molecule has 1 unspecified atom stereocenters. The van der Waals surface area contributed by atoms with Crippen LogP contribution in [0.15, 0.2) is 18.2 Å². The van der Waals surface area contributed by atoms with E-state index < -0.39 is 0 Å². The van der Waals surface area contributed by atoms with Gasteiger partial charge >= 0.3 is 0 Å². The van der Waals surface area contributed by atoms with Crippen LogP contribution in [0.5, 0.6) is 5.75 Å². The molecule has 5 nitrogen and oxygen atoms in total. The Labute approximate surface area is 126 Å². The van der Waals surface area contributed by atoms with Gasteiger partial charge in [0.15, 0.2) is 0 Å².